The number of carboxylic acids is 1. The van der Waals surface area contributed by atoms with Crippen LogP contribution in [0.3, 0.4) is 0 Å². The summed E-state index contributed by atoms with van der Waals surface area (Å²) in [6.45, 7) is 3.50. The lowest BCUT2D eigenvalue weighted by atomic mass is 9.91. The zero-order valence-electron chi connectivity index (χ0n) is 15.2. The number of halogens is 1. The van der Waals surface area contributed by atoms with E-state index >= 15 is 0 Å². The molecule has 1 atom stereocenters. The van der Waals surface area contributed by atoms with Gasteiger partial charge in [0.15, 0.2) is 0 Å². The molecule has 1 saturated carbocycles. The third-order valence-corrected chi connectivity index (χ3v) is 5.56. The van der Waals surface area contributed by atoms with Gasteiger partial charge in [0.1, 0.15) is 18.0 Å². The molecule has 3 rings (SSSR count). The molecule has 1 aromatic carbocycles. The highest BCUT2D eigenvalue weighted by Gasteiger charge is 2.37. The summed E-state index contributed by atoms with van der Waals surface area (Å²) in [6, 6.07) is 4.72. The van der Waals surface area contributed by atoms with Crippen LogP contribution >= 0.6 is 0 Å². The fourth-order valence-corrected chi connectivity index (χ4v) is 4.05. The molecule has 1 heterocycles. The zero-order chi connectivity index (χ0) is 18.7. The van der Waals surface area contributed by atoms with Crippen LogP contribution in [-0.4, -0.2) is 41.6 Å². The summed E-state index contributed by atoms with van der Waals surface area (Å²) in [5.74, 6) is -0.612. The van der Waals surface area contributed by atoms with Crippen molar-refractivity contribution in [3.63, 3.8) is 0 Å². The lowest BCUT2D eigenvalue weighted by Gasteiger charge is -2.26. The second-order valence-corrected chi connectivity index (χ2v) is 7.90. The monoisotopic (exact) mass is 363 g/mol. The number of benzene rings is 1. The summed E-state index contributed by atoms with van der Waals surface area (Å²) in [5, 5.41) is 8.78. The first-order valence-corrected chi connectivity index (χ1v) is 9.28. The summed E-state index contributed by atoms with van der Waals surface area (Å²) in [7, 11) is 0. The van der Waals surface area contributed by atoms with Crippen LogP contribution in [0, 0.1) is 11.2 Å². The minimum atomic E-state index is -1.10. The first-order valence-electron chi connectivity index (χ1n) is 9.28. The number of ether oxygens (including phenoxy) is 1. The van der Waals surface area contributed by atoms with Gasteiger partial charge in [-0.05, 0) is 43.4 Å². The number of hydrogen-bond acceptors (Lipinski definition) is 3. The van der Waals surface area contributed by atoms with Crippen molar-refractivity contribution in [1.29, 1.82) is 0 Å². The molecule has 1 unspecified atom stereocenters. The molecule has 1 amide bonds. The molecular weight excluding hydrogens is 337 g/mol. The highest BCUT2D eigenvalue weighted by molar-refractivity contribution is 5.93. The predicted octanol–water partition coefficient (Wildman–Crippen LogP) is 3.58. The fourth-order valence-electron chi connectivity index (χ4n) is 4.05. The summed E-state index contributed by atoms with van der Waals surface area (Å²) in [4.78, 5) is 24.3. The second-order valence-electron chi connectivity index (χ2n) is 7.90. The molecule has 1 N–H and O–H groups in total. The molecule has 0 spiro atoms. The number of nitrogens with zero attached hydrogens (tertiary/aromatic N) is 1. The average Bonchev–Trinajstić information content (AvgIpc) is 3.23. The van der Waals surface area contributed by atoms with Gasteiger partial charge in [0, 0.05) is 24.1 Å². The maximum absolute atomic E-state index is 13.7. The molecule has 2 fully saturated rings. The number of likely N-dealkylation sites (tertiary alicyclic amines) is 1. The van der Waals surface area contributed by atoms with Crippen LogP contribution in [0.1, 0.15) is 56.9 Å². The van der Waals surface area contributed by atoms with Gasteiger partial charge in [-0.3, -0.25) is 9.59 Å². The number of aliphatic carboxylic acids is 1. The Labute approximate surface area is 153 Å². The number of carboxylic acid groups (broad SMARTS) is 1. The topological polar surface area (TPSA) is 66.8 Å². The van der Waals surface area contributed by atoms with E-state index in [0.29, 0.717) is 25.6 Å². The number of rotatable bonds is 6. The van der Waals surface area contributed by atoms with Crippen LogP contribution in [0.15, 0.2) is 18.2 Å². The molecule has 1 aromatic rings. The molecule has 1 aliphatic heterocycles. The number of carbonyl (C=O) groups is 2. The van der Waals surface area contributed by atoms with E-state index in [1.54, 1.807) is 17.0 Å². The van der Waals surface area contributed by atoms with Gasteiger partial charge in [-0.15, -0.1) is 0 Å². The van der Waals surface area contributed by atoms with Crippen molar-refractivity contribution in [2.75, 3.05) is 19.7 Å². The summed E-state index contributed by atoms with van der Waals surface area (Å²) in [5.41, 5.74) is 0.720. The van der Waals surface area contributed by atoms with Crippen LogP contribution in [0.2, 0.25) is 0 Å². The van der Waals surface area contributed by atoms with Crippen molar-refractivity contribution in [2.45, 2.75) is 51.4 Å². The Morgan fingerprint density at radius 3 is 2.77 bits per heavy atom. The van der Waals surface area contributed by atoms with Gasteiger partial charge >= 0.3 is 5.97 Å². The first kappa shape index (κ1) is 18.7. The third kappa shape index (κ3) is 4.34. The van der Waals surface area contributed by atoms with E-state index in [2.05, 4.69) is 0 Å². The maximum Gasteiger partial charge on any atom is 0.312 e. The van der Waals surface area contributed by atoms with Crippen molar-refractivity contribution in [3.8, 4) is 5.75 Å². The van der Waals surface area contributed by atoms with E-state index < -0.39 is 12.4 Å². The predicted molar refractivity (Wildman–Crippen MR) is 94.7 cm³/mol. The molecule has 0 bridgehead atoms. The molecule has 2 aliphatic rings. The first-order chi connectivity index (χ1) is 12.4. The van der Waals surface area contributed by atoms with Crippen molar-refractivity contribution in [2.24, 2.45) is 5.41 Å². The largest absolute Gasteiger partial charge is 0.493 e. The zero-order valence-corrected chi connectivity index (χ0v) is 15.2. The van der Waals surface area contributed by atoms with E-state index in [0.717, 1.165) is 30.6 Å². The van der Waals surface area contributed by atoms with Crippen LogP contribution in [0.5, 0.6) is 5.75 Å². The maximum atomic E-state index is 13.7. The lowest BCUT2D eigenvalue weighted by molar-refractivity contribution is -0.144. The number of carbonyl (C=O) groups excluding carboxylic acids is 1. The second kappa shape index (κ2) is 7.64. The highest BCUT2D eigenvalue weighted by atomic mass is 19.1. The molecule has 1 aliphatic carbocycles. The van der Waals surface area contributed by atoms with Crippen molar-refractivity contribution in [3.05, 3.63) is 29.6 Å². The van der Waals surface area contributed by atoms with Gasteiger partial charge in [0.25, 0.3) is 0 Å². The Kier molecular flexibility index (Phi) is 5.49. The van der Waals surface area contributed by atoms with E-state index in [-0.39, 0.29) is 17.1 Å². The van der Waals surface area contributed by atoms with Crippen molar-refractivity contribution < 1.29 is 23.8 Å². The molecule has 0 aromatic heterocycles. The summed E-state index contributed by atoms with van der Waals surface area (Å²) >= 11 is 0. The Balaban J connectivity index is 1.64. The molecule has 6 heteroatoms. The SMILES string of the molecule is CC1(COc2ccc(F)cc2C2CCCC2)CCN(C(=O)CC(=O)O)C1. The van der Waals surface area contributed by atoms with Gasteiger partial charge in [-0.25, -0.2) is 4.39 Å². The number of hydrogen-bond donors (Lipinski definition) is 1. The molecule has 0 radical (unpaired) electrons. The van der Waals surface area contributed by atoms with Crippen LogP contribution in [-0.2, 0) is 9.59 Å². The third-order valence-electron chi connectivity index (χ3n) is 5.56. The molecular formula is C20H26FNO4. The van der Waals surface area contributed by atoms with Crippen molar-refractivity contribution in [1.82, 2.24) is 4.90 Å². The van der Waals surface area contributed by atoms with Gasteiger partial charge in [-0.2, -0.15) is 0 Å². The standard InChI is InChI=1S/C20H26FNO4/c1-20(8-9-22(12-20)18(23)11-19(24)25)13-26-17-7-6-15(21)10-16(17)14-4-2-3-5-14/h6-7,10,14H,2-5,8-9,11-13H2,1H3,(H,24,25). The lowest BCUT2D eigenvalue weighted by Crippen LogP contribution is -2.34. The van der Waals surface area contributed by atoms with Gasteiger partial charge in [-0.1, -0.05) is 19.8 Å². The van der Waals surface area contributed by atoms with Crippen LogP contribution < -0.4 is 4.74 Å². The van der Waals surface area contributed by atoms with E-state index in [1.165, 1.54) is 18.9 Å². The van der Waals surface area contributed by atoms with E-state index in [1.807, 2.05) is 6.92 Å². The molecule has 1 saturated heterocycles. The van der Waals surface area contributed by atoms with Gasteiger partial charge < -0.3 is 14.7 Å². The Hall–Kier alpha value is -2.11. The van der Waals surface area contributed by atoms with E-state index in [4.69, 9.17) is 9.84 Å². The molecule has 142 valence electrons. The van der Waals surface area contributed by atoms with Crippen LogP contribution in [0.25, 0.3) is 0 Å². The Bertz CT molecular complexity index is 686. The molecule has 26 heavy (non-hydrogen) atoms. The fraction of sp³-hybridized carbons (Fsp3) is 0.600. The average molecular weight is 363 g/mol. The minimum Gasteiger partial charge on any atom is -0.493 e. The van der Waals surface area contributed by atoms with Crippen molar-refractivity contribution >= 4 is 11.9 Å². The van der Waals surface area contributed by atoms with Crippen LogP contribution in [0.4, 0.5) is 4.39 Å². The Morgan fingerprint density at radius 1 is 1.35 bits per heavy atom. The van der Waals surface area contributed by atoms with Gasteiger partial charge in [0.05, 0.1) is 6.61 Å². The minimum absolute atomic E-state index is 0.227. The van der Waals surface area contributed by atoms with Gasteiger partial charge in [0.2, 0.25) is 5.91 Å². The quantitative estimate of drug-likeness (QED) is 0.785. The number of amides is 1. The summed E-state index contributed by atoms with van der Waals surface area (Å²) < 4.78 is 19.8. The highest BCUT2D eigenvalue weighted by Crippen LogP contribution is 2.40. The normalized spacial score (nSPS) is 23.4. The van der Waals surface area contributed by atoms with E-state index in [9.17, 15) is 14.0 Å². The summed E-state index contributed by atoms with van der Waals surface area (Å²) in [6.07, 6.45) is 4.75. The Morgan fingerprint density at radius 2 is 2.08 bits per heavy atom. The smallest absolute Gasteiger partial charge is 0.312 e. The molecule has 5 nitrogen and oxygen atoms in total.